The molecule has 0 spiro atoms. The van der Waals surface area contributed by atoms with Crippen molar-refractivity contribution in [3.63, 3.8) is 0 Å². The zero-order chi connectivity index (χ0) is 13.1. The van der Waals surface area contributed by atoms with E-state index in [-0.39, 0.29) is 5.92 Å². The first-order chi connectivity index (χ1) is 8.65. The second kappa shape index (κ2) is 5.69. The summed E-state index contributed by atoms with van der Waals surface area (Å²) in [5.74, 6) is 1.14. The van der Waals surface area contributed by atoms with Crippen LogP contribution in [0.4, 0.5) is 0 Å². The van der Waals surface area contributed by atoms with Crippen LogP contribution in [0.15, 0.2) is 22.7 Å². The van der Waals surface area contributed by atoms with E-state index in [1.165, 1.54) is 0 Å². The molecule has 0 aliphatic carbocycles. The molecule has 0 aliphatic heterocycles. The lowest BCUT2D eigenvalue weighted by molar-refractivity contribution is 0.351. The maximum absolute atomic E-state index is 5.95. The number of halogens is 2. The highest BCUT2D eigenvalue weighted by Crippen LogP contribution is 2.28. The van der Waals surface area contributed by atoms with Gasteiger partial charge >= 0.3 is 0 Å². The maximum atomic E-state index is 5.95. The predicted molar refractivity (Wildman–Crippen MR) is 71.8 cm³/mol. The van der Waals surface area contributed by atoms with E-state index in [0.29, 0.717) is 28.3 Å². The number of hydrogen-bond donors (Lipinski definition) is 1. The van der Waals surface area contributed by atoms with E-state index in [9.17, 15) is 0 Å². The Morgan fingerprint density at radius 2 is 2.11 bits per heavy atom. The van der Waals surface area contributed by atoms with E-state index in [1.54, 1.807) is 18.2 Å². The van der Waals surface area contributed by atoms with Gasteiger partial charge in [0.2, 0.25) is 11.7 Å². The lowest BCUT2D eigenvalue weighted by Gasteiger charge is -2.04. The largest absolute Gasteiger partial charge is 0.339 e. The first-order valence-corrected chi connectivity index (χ1v) is 6.40. The molecule has 2 N–H and O–H groups in total. The normalized spacial score (nSPS) is 12.7. The smallest absolute Gasteiger partial charge is 0.231 e. The van der Waals surface area contributed by atoms with Crippen molar-refractivity contribution in [2.75, 3.05) is 6.54 Å². The van der Waals surface area contributed by atoms with Gasteiger partial charge in [0.05, 0.1) is 16.0 Å². The summed E-state index contributed by atoms with van der Waals surface area (Å²) in [7, 11) is 0. The molecule has 0 saturated carbocycles. The zero-order valence-corrected chi connectivity index (χ0v) is 11.4. The van der Waals surface area contributed by atoms with Gasteiger partial charge in [-0.05, 0) is 24.6 Å². The summed E-state index contributed by atoms with van der Waals surface area (Å²) in [5.41, 5.74) is 6.41. The van der Waals surface area contributed by atoms with Crippen LogP contribution in [-0.4, -0.2) is 16.7 Å². The SMILES string of the molecule is CCC(CN)c1nc(-c2ccc(Cl)c(Cl)c2)no1. The average Bonchev–Trinajstić information content (AvgIpc) is 2.84. The molecule has 2 rings (SSSR count). The van der Waals surface area contributed by atoms with Crippen molar-refractivity contribution in [3.05, 3.63) is 34.1 Å². The number of benzene rings is 1. The van der Waals surface area contributed by atoms with Crippen LogP contribution in [0, 0.1) is 0 Å². The molecule has 1 aromatic carbocycles. The number of aromatic nitrogens is 2. The third-order valence-corrected chi connectivity index (χ3v) is 3.49. The molecule has 0 saturated heterocycles. The summed E-state index contributed by atoms with van der Waals surface area (Å²) >= 11 is 11.8. The summed E-state index contributed by atoms with van der Waals surface area (Å²) < 4.78 is 5.22. The Labute approximate surface area is 115 Å². The van der Waals surface area contributed by atoms with Crippen molar-refractivity contribution < 1.29 is 4.52 Å². The molecule has 1 heterocycles. The molecule has 0 amide bonds. The van der Waals surface area contributed by atoms with Crippen molar-refractivity contribution in [2.45, 2.75) is 19.3 Å². The second-order valence-electron chi connectivity index (χ2n) is 3.93. The Hall–Kier alpha value is -1.10. The molecular formula is C12H13Cl2N3O. The topological polar surface area (TPSA) is 64.9 Å². The summed E-state index contributed by atoms with van der Waals surface area (Å²) in [5, 5.41) is 4.89. The Balaban J connectivity index is 2.31. The first-order valence-electron chi connectivity index (χ1n) is 5.64. The number of hydrogen-bond acceptors (Lipinski definition) is 4. The van der Waals surface area contributed by atoms with Gasteiger partial charge in [-0.3, -0.25) is 0 Å². The van der Waals surface area contributed by atoms with Crippen molar-refractivity contribution in [1.82, 2.24) is 10.1 Å². The highest BCUT2D eigenvalue weighted by Gasteiger charge is 2.16. The van der Waals surface area contributed by atoms with Gasteiger partial charge in [-0.25, -0.2) is 0 Å². The second-order valence-corrected chi connectivity index (χ2v) is 4.74. The van der Waals surface area contributed by atoms with E-state index >= 15 is 0 Å². The minimum Gasteiger partial charge on any atom is -0.339 e. The molecule has 2 aromatic rings. The molecule has 96 valence electrons. The van der Waals surface area contributed by atoms with Gasteiger partial charge in [0.1, 0.15) is 0 Å². The van der Waals surface area contributed by atoms with E-state index in [0.717, 1.165) is 12.0 Å². The minimum atomic E-state index is 0.0917. The molecule has 1 aromatic heterocycles. The monoisotopic (exact) mass is 285 g/mol. The van der Waals surface area contributed by atoms with Gasteiger partial charge in [0.25, 0.3) is 0 Å². The van der Waals surface area contributed by atoms with E-state index in [1.807, 2.05) is 6.92 Å². The summed E-state index contributed by atoms with van der Waals surface area (Å²) in [4.78, 5) is 4.33. The molecule has 1 atom stereocenters. The molecule has 4 nitrogen and oxygen atoms in total. The summed E-state index contributed by atoms with van der Waals surface area (Å²) in [6.45, 7) is 2.51. The quantitative estimate of drug-likeness (QED) is 0.934. The summed E-state index contributed by atoms with van der Waals surface area (Å²) in [6.07, 6.45) is 0.861. The van der Waals surface area contributed by atoms with Gasteiger partial charge in [-0.15, -0.1) is 0 Å². The van der Waals surface area contributed by atoms with E-state index < -0.39 is 0 Å². The first kappa shape index (κ1) is 13.3. The fourth-order valence-electron chi connectivity index (χ4n) is 1.60. The molecule has 18 heavy (non-hydrogen) atoms. The van der Waals surface area contributed by atoms with Crippen molar-refractivity contribution in [3.8, 4) is 11.4 Å². The van der Waals surface area contributed by atoms with Gasteiger partial charge in [0, 0.05) is 12.1 Å². The Bertz CT molecular complexity index is 538. The number of nitrogens with two attached hydrogens (primary N) is 1. The third kappa shape index (κ3) is 2.66. The standard InChI is InChI=1S/C12H13Cl2N3O/c1-2-7(6-15)12-16-11(17-18-12)8-3-4-9(13)10(14)5-8/h3-5,7H,2,6,15H2,1H3. The fourth-order valence-corrected chi connectivity index (χ4v) is 1.89. The Kier molecular flexibility index (Phi) is 4.22. The third-order valence-electron chi connectivity index (χ3n) is 2.75. The molecule has 1 unspecified atom stereocenters. The zero-order valence-electron chi connectivity index (χ0n) is 9.86. The molecule has 0 fully saturated rings. The molecule has 0 radical (unpaired) electrons. The number of nitrogens with zero attached hydrogens (tertiary/aromatic N) is 2. The van der Waals surface area contributed by atoms with Crippen molar-refractivity contribution in [2.24, 2.45) is 5.73 Å². The van der Waals surface area contributed by atoms with Crippen LogP contribution in [0.5, 0.6) is 0 Å². The lowest BCUT2D eigenvalue weighted by atomic mass is 10.1. The highest BCUT2D eigenvalue weighted by atomic mass is 35.5. The van der Waals surface area contributed by atoms with Crippen LogP contribution in [-0.2, 0) is 0 Å². The van der Waals surface area contributed by atoms with Crippen molar-refractivity contribution in [1.29, 1.82) is 0 Å². The fraction of sp³-hybridized carbons (Fsp3) is 0.333. The van der Waals surface area contributed by atoms with Crippen molar-refractivity contribution >= 4 is 23.2 Å². The lowest BCUT2D eigenvalue weighted by Crippen LogP contribution is -2.11. The Morgan fingerprint density at radius 1 is 1.33 bits per heavy atom. The molecular weight excluding hydrogens is 273 g/mol. The van der Waals surface area contributed by atoms with Crippen LogP contribution in [0.25, 0.3) is 11.4 Å². The molecule has 0 bridgehead atoms. The van der Waals surface area contributed by atoms with Gasteiger partial charge < -0.3 is 10.3 Å². The minimum absolute atomic E-state index is 0.0917. The predicted octanol–water partition coefficient (Wildman–Crippen LogP) is 3.50. The van der Waals surface area contributed by atoms with Gasteiger partial charge in [0.15, 0.2) is 0 Å². The van der Waals surface area contributed by atoms with Crippen LogP contribution < -0.4 is 5.73 Å². The highest BCUT2D eigenvalue weighted by molar-refractivity contribution is 6.42. The summed E-state index contributed by atoms with van der Waals surface area (Å²) in [6, 6.07) is 5.21. The molecule has 0 aliphatic rings. The van der Waals surface area contributed by atoms with E-state index in [4.69, 9.17) is 33.5 Å². The molecule has 6 heteroatoms. The van der Waals surface area contributed by atoms with Crippen LogP contribution in [0.2, 0.25) is 10.0 Å². The van der Waals surface area contributed by atoms with Crippen LogP contribution in [0.3, 0.4) is 0 Å². The van der Waals surface area contributed by atoms with E-state index in [2.05, 4.69) is 10.1 Å². The average molecular weight is 286 g/mol. The van der Waals surface area contributed by atoms with Gasteiger partial charge in [-0.1, -0.05) is 35.3 Å². The Morgan fingerprint density at radius 3 is 2.72 bits per heavy atom. The van der Waals surface area contributed by atoms with Crippen LogP contribution >= 0.6 is 23.2 Å². The number of rotatable bonds is 4. The van der Waals surface area contributed by atoms with Crippen LogP contribution in [0.1, 0.15) is 25.2 Å². The van der Waals surface area contributed by atoms with Gasteiger partial charge in [-0.2, -0.15) is 4.98 Å². The maximum Gasteiger partial charge on any atom is 0.231 e.